The van der Waals surface area contributed by atoms with E-state index in [0.717, 1.165) is 25.9 Å². The highest BCUT2D eigenvalue weighted by Crippen LogP contribution is 2.31. The number of hydrogen-bond donors (Lipinski definition) is 2. The zero-order valence-corrected chi connectivity index (χ0v) is 17.7. The number of nitrogens with one attached hydrogen (secondary N) is 1. The Kier molecular flexibility index (Phi) is 6.37. The van der Waals surface area contributed by atoms with E-state index in [9.17, 15) is 4.79 Å². The first-order valence-electron chi connectivity index (χ1n) is 10.1. The number of ether oxygens (including phenoxy) is 1. The summed E-state index contributed by atoms with van der Waals surface area (Å²) < 4.78 is 6.37. The molecule has 1 aromatic carbocycles. The van der Waals surface area contributed by atoms with E-state index in [4.69, 9.17) is 10.5 Å². The quantitative estimate of drug-likeness (QED) is 0.778. The molecule has 2 aromatic rings. The molecule has 7 heteroatoms. The zero-order valence-electron chi connectivity index (χ0n) is 17.7. The molecule has 1 aromatic heterocycles. The minimum absolute atomic E-state index is 0.0227. The van der Waals surface area contributed by atoms with E-state index >= 15 is 0 Å². The second-order valence-corrected chi connectivity index (χ2v) is 7.98. The van der Waals surface area contributed by atoms with Gasteiger partial charge in [-0.15, -0.1) is 0 Å². The summed E-state index contributed by atoms with van der Waals surface area (Å²) in [5.74, 6) is -0.0227. The van der Waals surface area contributed by atoms with Crippen molar-refractivity contribution in [3.8, 4) is 6.01 Å². The topological polar surface area (TPSA) is 93.4 Å². The number of carbonyl (C=O) groups excluding carboxylic acids is 1. The maximum absolute atomic E-state index is 11.6. The fraction of sp³-hybridized carbons (Fsp3) is 0.500. The fourth-order valence-corrected chi connectivity index (χ4v) is 3.95. The standard InChI is InChI=1S/C22H31N5O2/c1-15-20(23)16(2)25-21(24-15)29-22(4)14-19(26-17(3)28)11-13-27(22)12-10-18-8-6-5-7-9-18/h5-9,19H,10-14,23H2,1-4H3,(H,26,28). The number of rotatable bonds is 6. The molecule has 2 heterocycles. The molecule has 0 bridgehead atoms. The van der Waals surface area contributed by atoms with Crippen molar-refractivity contribution in [2.45, 2.75) is 58.7 Å². The van der Waals surface area contributed by atoms with Gasteiger partial charge in [0.05, 0.1) is 17.1 Å². The third-order valence-electron chi connectivity index (χ3n) is 5.58. The fourth-order valence-electron chi connectivity index (χ4n) is 3.95. The third kappa shape index (κ3) is 5.23. The minimum atomic E-state index is -0.630. The van der Waals surface area contributed by atoms with Crippen LogP contribution in [-0.2, 0) is 11.2 Å². The molecule has 1 fully saturated rings. The number of piperidine rings is 1. The average Bonchev–Trinajstić information content (AvgIpc) is 2.65. The van der Waals surface area contributed by atoms with Crippen LogP contribution in [0.25, 0.3) is 0 Å². The van der Waals surface area contributed by atoms with Gasteiger partial charge in [-0.25, -0.2) is 0 Å². The lowest BCUT2D eigenvalue weighted by Gasteiger charge is -2.46. The van der Waals surface area contributed by atoms with Crippen molar-refractivity contribution in [2.75, 3.05) is 18.8 Å². The smallest absolute Gasteiger partial charge is 0.318 e. The van der Waals surface area contributed by atoms with Crippen LogP contribution in [0.2, 0.25) is 0 Å². The largest absolute Gasteiger partial charge is 0.442 e. The van der Waals surface area contributed by atoms with E-state index in [2.05, 4.69) is 51.4 Å². The molecule has 0 saturated carbocycles. The van der Waals surface area contributed by atoms with Crippen molar-refractivity contribution >= 4 is 11.6 Å². The summed E-state index contributed by atoms with van der Waals surface area (Å²) in [5, 5.41) is 3.04. The summed E-state index contributed by atoms with van der Waals surface area (Å²) in [6, 6.07) is 10.8. The lowest BCUT2D eigenvalue weighted by molar-refractivity contribution is -0.126. The van der Waals surface area contributed by atoms with Crippen molar-refractivity contribution in [1.29, 1.82) is 0 Å². The first-order chi connectivity index (χ1) is 13.8. The van der Waals surface area contributed by atoms with Crippen LogP contribution in [0.3, 0.4) is 0 Å². The van der Waals surface area contributed by atoms with E-state index in [1.807, 2.05) is 19.9 Å². The van der Waals surface area contributed by atoms with E-state index in [0.29, 0.717) is 29.5 Å². The predicted octanol–water partition coefficient (Wildman–Crippen LogP) is 2.61. The Balaban J connectivity index is 1.81. The van der Waals surface area contributed by atoms with E-state index in [1.165, 1.54) is 5.56 Å². The van der Waals surface area contributed by atoms with Gasteiger partial charge in [0, 0.05) is 32.5 Å². The molecule has 1 saturated heterocycles. The second kappa shape index (κ2) is 8.78. The van der Waals surface area contributed by atoms with Gasteiger partial charge in [-0.05, 0) is 39.2 Å². The summed E-state index contributed by atoms with van der Waals surface area (Å²) in [5.41, 5.74) is 8.66. The normalized spacial score (nSPS) is 22.3. The van der Waals surface area contributed by atoms with Gasteiger partial charge in [0.2, 0.25) is 5.91 Å². The molecule has 7 nitrogen and oxygen atoms in total. The lowest BCUT2D eigenvalue weighted by Crippen LogP contribution is -2.60. The first-order valence-corrected chi connectivity index (χ1v) is 10.1. The van der Waals surface area contributed by atoms with Crippen LogP contribution in [0.4, 0.5) is 5.69 Å². The molecule has 3 N–H and O–H groups in total. The summed E-state index contributed by atoms with van der Waals surface area (Å²) >= 11 is 0. The number of amides is 1. The van der Waals surface area contributed by atoms with E-state index in [1.54, 1.807) is 6.92 Å². The second-order valence-electron chi connectivity index (χ2n) is 7.98. The molecular weight excluding hydrogens is 366 g/mol. The van der Waals surface area contributed by atoms with Crippen LogP contribution in [0.5, 0.6) is 6.01 Å². The van der Waals surface area contributed by atoms with Gasteiger partial charge < -0.3 is 15.8 Å². The van der Waals surface area contributed by atoms with Gasteiger partial charge in [0.1, 0.15) is 0 Å². The van der Waals surface area contributed by atoms with Crippen molar-refractivity contribution in [2.24, 2.45) is 0 Å². The lowest BCUT2D eigenvalue weighted by atomic mass is 9.94. The molecule has 1 aliphatic rings. The van der Waals surface area contributed by atoms with Crippen LogP contribution in [0, 0.1) is 13.8 Å². The highest BCUT2D eigenvalue weighted by Gasteiger charge is 2.41. The van der Waals surface area contributed by atoms with Gasteiger partial charge in [-0.1, -0.05) is 30.3 Å². The summed E-state index contributed by atoms with van der Waals surface area (Å²) in [7, 11) is 0. The van der Waals surface area contributed by atoms with Crippen LogP contribution < -0.4 is 15.8 Å². The van der Waals surface area contributed by atoms with Crippen molar-refractivity contribution in [3.63, 3.8) is 0 Å². The first kappa shape index (κ1) is 21.0. The molecule has 3 rings (SSSR count). The SMILES string of the molecule is CC(=O)NC1CCN(CCc2ccccc2)C(C)(Oc2nc(C)c(N)c(C)n2)C1. The van der Waals surface area contributed by atoms with Crippen LogP contribution in [0.1, 0.15) is 43.6 Å². The Morgan fingerprint density at radius 3 is 2.55 bits per heavy atom. The molecular formula is C22H31N5O2. The molecule has 29 heavy (non-hydrogen) atoms. The summed E-state index contributed by atoms with van der Waals surface area (Å²) in [4.78, 5) is 22.8. The van der Waals surface area contributed by atoms with Crippen molar-refractivity contribution in [1.82, 2.24) is 20.2 Å². The highest BCUT2D eigenvalue weighted by atomic mass is 16.5. The van der Waals surface area contributed by atoms with E-state index in [-0.39, 0.29) is 11.9 Å². The van der Waals surface area contributed by atoms with Gasteiger partial charge in [0.25, 0.3) is 0 Å². The van der Waals surface area contributed by atoms with Crippen molar-refractivity contribution in [3.05, 3.63) is 47.3 Å². The third-order valence-corrected chi connectivity index (χ3v) is 5.58. The zero-order chi connectivity index (χ0) is 21.0. The number of aryl methyl sites for hydroxylation is 2. The molecule has 0 aliphatic carbocycles. The monoisotopic (exact) mass is 397 g/mol. The minimum Gasteiger partial charge on any atom is -0.442 e. The molecule has 1 amide bonds. The van der Waals surface area contributed by atoms with Gasteiger partial charge in [0.15, 0.2) is 5.72 Å². The number of hydrogen-bond acceptors (Lipinski definition) is 6. The Morgan fingerprint density at radius 2 is 1.93 bits per heavy atom. The van der Waals surface area contributed by atoms with Crippen molar-refractivity contribution < 1.29 is 9.53 Å². The number of nitrogens with zero attached hydrogens (tertiary/aromatic N) is 3. The molecule has 1 aliphatic heterocycles. The van der Waals surface area contributed by atoms with Crippen LogP contribution in [-0.4, -0.2) is 45.6 Å². The Morgan fingerprint density at radius 1 is 1.28 bits per heavy atom. The van der Waals surface area contributed by atoms with Crippen LogP contribution >= 0.6 is 0 Å². The van der Waals surface area contributed by atoms with Gasteiger partial charge in [-0.2, -0.15) is 9.97 Å². The molecule has 0 radical (unpaired) electrons. The average molecular weight is 398 g/mol. The Hall–Kier alpha value is -2.67. The van der Waals surface area contributed by atoms with Gasteiger partial charge in [-0.3, -0.25) is 9.69 Å². The van der Waals surface area contributed by atoms with Crippen LogP contribution in [0.15, 0.2) is 30.3 Å². The Labute approximate surface area is 172 Å². The van der Waals surface area contributed by atoms with E-state index < -0.39 is 5.72 Å². The number of anilines is 1. The molecule has 156 valence electrons. The molecule has 0 spiro atoms. The van der Waals surface area contributed by atoms with Gasteiger partial charge >= 0.3 is 6.01 Å². The summed E-state index contributed by atoms with van der Waals surface area (Å²) in [6.45, 7) is 8.98. The summed E-state index contributed by atoms with van der Waals surface area (Å²) in [6.07, 6.45) is 2.46. The number of benzene rings is 1. The molecule has 2 unspecified atom stereocenters. The Bertz CT molecular complexity index is 835. The maximum Gasteiger partial charge on any atom is 0.318 e. The number of aromatic nitrogens is 2. The highest BCUT2D eigenvalue weighted by molar-refractivity contribution is 5.73. The number of carbonyl (C=O) groups is 1. The maximum atomic E-state index is 11.6. The number of nitrogen functional groups attached to an aromatic ring is 1. The number of nitrogens with two attached hydrogens (primary N) is 1. The number of likely N-dealkylation sites (tertiary alicyclic amines) is 1. The molecule has 2 atom stereocenters. The predicted molar refractivity (Wildman–Crippen MR) is 114 cm³/mol.